The summed E-state index contributed by atoms with van der Waals surface area (Å²) in [6.45, 7) is 7.65. The molecule has 0 atom stereocenters. The second-order valence-corrected chi connectivity index (χ2v) is 7.67. The Kier molecular flexibility index (Phi) is 7.00. The monoisotopic (exact) mass is 402 g/mol. The number of ether oxygens (including phenoxy) is 1. The Morgan fingerprint density at radius 1 is 1.21 bits per heavy atom. The van der Waals surface area contributed by atoms with Crippen LogP contribution in [0.5, 0.6) is 0 Å². The van der Waals surface area contributed by atoms with E-state index in [1.807, 2.05) is 31.2 Å². The molecule has 0 spiro atoms. The summed E-state index contributed by atoms with van der Waals surface area (Å²) >= 11 is 1.43. The van der Waals surface area contributed by atoms with Crippen LogP contribution in [0.4, 0.5) is 10.8 Å². The molecule has 2 aromatic rings. The Morgan fingerprint density at radius 3 is 2.64 bits per heavy atom. The molecule has 1 saturated heterocycles. The molecule has 1 amide bonds. The number of hydrogen-bond acceptors (Lipinski definition) is 7. The lowest BCUT2D eigenvalue weighted by Crippen LogP contribution is -2.48. The van der Waals surface area contributed by atoms with E-state index in [1.165, 1.54) is 11.3 Å². The number of thiophene rings is 1. The van der Waals surface area contributed by atoms with Crippen LogP contribution in [-0.2, 0) is 16.0 Å². The fourth-order valence-corrected chi connectivity index (χ4v) is 4.12. The number of piperazine rings is 1. The van der Waals surface area contributed by atoms with Gasteiger partial charge in [-0.1, -0.05) is 13.0 Å². The minimum absolute atomic E-state index is 0.110. The van der Waals surface area contributed by atoms with Gasteiger partial charge in [-0.25, -0.2) is 9.78 Å². The zero-order chi connectivity index (χ0) is 19.9. The topological polar surface area (TPSA) is 74.8 Å². The van der Waals surface area contributed by atoms with E-state index >= 15 is 0 Å². The third-order valence-corrected chi connectivity index (χ3v) is 5.79. The van der Waals surface area contributed by atoms with Gasteiger partial charge < -0.3 is 15.0 Å². The van der Waals surface area contributed by atoms with Gasteiger partial charge in [0.2, 0.25) is 5.91 Å². The largest absolute Gasteiger partial charge is 0.462 e. The van der Waals surface area contributed by atoms with Crippen molar-refractivity contribution in [3.63, 3.8) is 0 Å². The van der Waals surface area contributed by atoms with Gasteiger partial charge >= 0.3 is 5.97 Å². The second kappa shape index (κ2) is 9.66. The molecule has 2 aromatic heterocycles. The molecule has 1 N–H and O–H groups in total. The molecule has 8 heteroatoms. The van der Waals surface area contributed by atoms with Gasteiger partial charge in [0.05, 0.1) is 18.7 Å². The zero-order valence-corrected chi connectivity index (χ0v) is 17.1. The lowest BCUT2D eigenvalue weighted by atomic mass is 10.2. The number of pyridine rings is 1. The van der Waals surface area contributed by atoms with Crippen LogP contribution >= 0.6 is 11.3 Å². The number of aryl methyl sites for hydroxylation is 1. The Balaban J connectivity index is 1.55. The molecule has 0 saturated carbocycles. The molecule has 0 radical (unpaired) electrons. The molecule has 0 bridgehead atoms. The van der Waals surface area contributed by atoms with Gasteiger partial charge in [-0.05, 0) is 31.5 Å². The molecular weight excluding hydrogens is 376 g/mol. The van der Waals surface area contributed by atoms with Gasteiger partial charge in [0, 0.05) is 37.3 Å². The van der Waals surface area contributed by atoms with Crippen LogP contribution in [0.15, 0.2) is 30.5 Å². The molecule has 150 valence electrons. The van der Waals surface area contributed by atoms with E-state index in [4.69, 9.17) is 4.74 Å². The van der Waals surface area contributed by atoms with Gasteiger partial charge in [0.15, 0.2) is 0 Å². The van der Waals surface area contributed by atoms with E-state index in [-0.39, 0.29) is 5.91 Å². The van der Waals surface area contributed by atoms with Crippen LogP contribution < -0.4 is 10.2 Å². The number of rotatable bonds is 7. The standard InChI is InChI=1S/C20H26N4O3S/c1-3-15-13-16(20(26)27-4-2)19(28-15)22-18(25)14-23-9-11-24(12-10-23)17-7-5-6-8-21-17/h5-8,13H,3-4,9-12,14H2,1-2H3,(H,22,25). The van der Waals surface area contributed by atoms with Crippen molar-refractivity contribution >= 4 is 34.0 Å². The maximum atomic E-state index is 12.5. The summed E-state index contributed by atoms with van der Waals surface area (Å²) in [5.74, 6) is 0.468. The fourth-order valence-electron chi connectivity index (χ4n) is 3.11. The van der Waals surface area contributed by atoms with Crippen molar-refractivity contribution in [1.29, 1.82) is 0 Å². The number of amides is 1. The number of esters is 1. The maximum Gasteiger partial charge on any atom is 0.341 e. The molecule has 7 nitrogen and oxygen atoms in total. The SMILES string of the molecule is CCOC(=O)c1cc(CC)sc1NC(=O)CN1CCN(c2ccccn2)CC1. The number of carbonyl (C=O) groups is 2. The number of hydrogen-bond donors (Lipinski definition) is 1. The highest BCUT2D eigenvalue weighted by Crippen LogP contribution is 2.29. The van der Waals surface area contributed by atoms with Crippen LogP contribution in [0.3, 0.4) is 0 Å². The zero-order valence-electron chi connectivity index (χ0n) is 16.3. The van der Waals surface area contributed by atoms with E-state index in [0.29, 0.717) is 23.7 Å². The van der Waals surface area contributed by atoms with Crippen molar-refractivity contribution in [2.24, 2.45) is 0 Å². The number of aromatic nitrogens is 1. The van der Waals surface area contributed by atoms with Crippen molar-refractivity contribution in [2.75, 3.05) is 49.5 Å². The number of nitrogens with zero attached hydrogens (tertiary/aromatic N) is 3. The van der Waals surface area contributed by atoms with Crippen molar-refractivity contribution in [3.05, 3.63) is 40.9 Å². The second-order valence-electron chi connectivity index (χ2n) is 6.53. The Labute approximate surface area is 169 Å². The van der Waals surface area contributed by atoms with Crippen molar-refractivity contribution < 1.29 is 14.3 Å². The smallest absolute Gasteiger partial charge is 0.341 e. The number of carbonyl (C=O) groups excluding carboxylic acids is 2. The van der Waals surface area contributed by atoms with E-state index in [1.54, 1.807) is 13.1 Å². The molecule has 1 aliphatic heterocycles. The first-order valence-electron chi connectivity index (χ1n) is 9.58. The maximum absolute atomic E-state index is 12.5. The molecule has 1 aliphatic rings. The van der Waals surface area contributed by atoms with Gasteiger partial charge in [0.1, 0.15) is 10.8 Å². The highest BCUT2D eigenvalue weighted by Gasteiger charge is 2.22. The van der Waals surface area contributed by atoms with E-state index in [0.717, 1.165) is 43.3 Å². The van der Waals surface area contributed by atoms with Gasteiger partial charge in [-0.3, -0.25) is 9.69 Å². The van der Waals surface area contributed by atoms with E-state index in [9.17, 15) is 9.59 Å². The normalized spacial score (nSPS) is 14.7. The van der Waals surface area contributed by atoms with Crippen molar-refractivity contribution in [2.45, 2.75) is 20.3 Å². The lowest BCUT2D eigenvalue weighted by molar-refractivity contribution is -0.117. The highest BCUT2D eigenvalue weighted by atomic mass is 32.1. The molecule has 0 aliphatic carbocycles. The predicted molar refractivity (Wildman–Crippen MR) is 111 cm³/mol. The Bertz CT molecular complexity index is 801. The summed E-state index contributed by atoms with van der Waals surface area (Å²) < 4.78 is 5.11. The van der Waals surface area contributed by atoms with Crippen LogP contribution in [0.2, 0.25) is 0 Å². The third-order valence-electron chi connectivity index (χ3n) is 4.59. The minimum Gasteiger partial charge on any atom is -0.462 e. The average molecular weight is 403 g/mol. The fraction of sp³-hybridized carbons (Fsp3) is 0.450. The van der Waals surface area contributed by atoms with Crippen LogP contribution in [0.1, 0.15) is 29.1 Å². The van der Waals surface area contributed by atoms with Gasteiger partial charge in [-0.15, -0.1) is 11.3 Å². The predicted octanol–water partition coefficient (Wildman–Crippen LogP) is 2.64. The number of nitrogens with one attached hydrogen (secondary N) is 1. The van der Waals surface area contributed by atoms with Gasteiger partial charge in [-0.2, -0.15) is 0 Å². The highest BCUT2D eigenvalue weighted by molar-refractivity contribution is 7.16. The molecular formula is C20H26N4O3S. The Hall–Kier alpha value is -2.45. The van der Waals surface area contributed by atoms with Crippen LogP contribution in [-0.4, -0.2) is 61.1 Å². The molecule has 0 unspecified atom stereocenters. The van der Waals surface area contributed by atoms with Gasteiger partial charge in [0.25, 0.3) is 0 Å². The first-order chi connectivity index (χ1) is 13.6. The third kappa shape index (κ3) is 5.08. The minimum atomic E-state index is -0.391. The average Bonchev–Trinajstić information content (AvgIpc) is 3.12. The van der Waals surface area contributed by atoms with E-state index < -0.39 is 5.97 Å². The summed E-state index contributed by atoms with van der Waals surface area (Å²) in [5, 5.41) is 3.48. The van der Waals surface area contributed by atoms with Crippen molar-refractivity contribution in [1.82, 2.24) is 9.88 Å². The summed E-state index contributed by atoms with van der Waals surface area (Å²) in [7, 11) is 0. The molecule has 3 rings (SSSR count). The van der Waals surface area contributed by atoms with Crippen LogP contribution in [0, 0.1) is 0 Å². The summed E-state index contributed by atoms with van der Waals surface area (Å²) in [6.07, 6.45) is 2.60. The quantitative estimate of drug-likeness (QED) is 0.718. The lowest BCUT2D eigenvalue weighted by Gasteiger charge is -2.34. The molecule has 3 heterocycles. The van der Waals surface area contributed by atoms with Crippen molar-refractivity contribution in [3.8, 4) is 0 Å². The first-order valence-corrected chi connectivity index (χ1v) is 10.4. The molecule has 1 fully saturated rings. The van der Waals surface area contributed by atoms with E-state index in [2.05, 4.69) is 20.1 Å². The Morgan fingerprint density at radius 2 is 2.00 bits per heavy atom. The molecule has 28 heavy (non-hydrogen) atoms. The summed E-state index contributed by atoms with van der Waals surface area (Å²) in [6, 6.07) is 7.70. The molecule has 0 aromatic carbocycles. The summed E-state index contributed by atoms with van der Waals surface area (Å²) in [5.41, 5.74) is 0.442. The summed E-state index contributed by atoms with van der Waals surface area (Å²) in [4.78, 5) is 34.5. The first kappa shape index (κ1) is 20.3. The number of anilines is 2. The van der Waals surface area contributed by atoms with Crippen LogP contribution in [0.25, 0.3) is 0 Å².